The van der Waals surface area contributed by atoms with E-state index in [1.807, 2.05) is 56.3 Å². The van der Waals surface area contributed by atoms with Gasteiger partial charge in [-0.25, -0.2) is 4.99 Å². The van der Waals surface area contributed by atoms with Crippen molar-refractivity contribution in [3.8, 4) is 0 Å². The van der Waals surface area contributed by atoms with Crippen molar-refractivity contribution in [2.75, 3.05) is 12.3 Å². The van der Waals surface area contributed by atoms with E-state index in [4.69, 9.17) is 15.5 Å². The molecule has 2 heterocycles. The first-order valence-corrected chi connectivity index (χ1v) is 12.5. The number of nitrogens with two attached hydrogens (primary N) is 1. The molecule has 4 rings (SSSR count). The van der Waals surface area contributed by atoms with Gasteiger partial charge in [0, 0.05) is 26.7 Å². The van der Waals surface area contributed by atoms with Crippen LogP contribution in [0.15, 0.2) is 64.1 Å². The summed E-state index contributed by atoms with van der Waals surface area (Å²) in [7, 11) is 0. The van der Waals surface area contributed by atoms with Crippen molar-refractivity contribution in [3.63, 3.8) is 0 Å². The molecule has 170 valence electrons. The van der Waals surface area contributed by atoms with Crippen molar-refractivity contribution in [1.82, 2.24) is 0 Å². The number of anilines is 1. The first-order chi connectivity index (χ1) is 15.8. The zero-order valence-electron chi connectivity index (χ0n) is 18.7. The Morgan fingerprint density at radius 3 is 2.52 bits per heavy atom. The van der Waals surface area contributed by atoms with Gasteiger partial charge >= 0.3 is 5.97 Å². The van der Waals surface area contributed by atoms with E-state index in [9.17, 15) is 9.59 Å². The highest BCUT2D eigenvalue weighted by Gasteiger charge is 2.52. The van der Waals surface area contributed by atoms with Crippen molar-refractivity contribution in [2.24, 2.45) is 10.9 Å². The smallest absolute Gasteiger partial charge is 0.315 e. The highest BCUT2D eigenvalue weighted by atomic mass is 79.9. The van der Waals surface area contributed by atoms with Crippen molar-refractivity contribution in [2.45, 2.75) is 32.6 Å². The first-order valence-electron chi connectivity index (χ1n) is 10.9. The molecular weight excluding hydrogens is 500 g/mol. The lowest BCUT2D eigenvalue weighted by Gasteiger charge is -2.42. The fourth-order valence-electron chi connectivity index (χ4n) is 4.83. The molecule has 1 aliphatic rings. The number of benzene rings is 2. The maximum atomic E-state index is 13.4. The molecule has 7 heteroatoms. The third-order valence-electron chi connectivity index (χ3n) is 6.22. The van der Waals surface area contributed by atoms with E-state index in [1.54, 1.807) is 19.1 Å². The van der Waals surface area contributed by atoms with Gasteiger partial charge in [0.2, 0.25) is 5.78 Å². The number of ketones is 1. The standard InChI is InChI=1S/C26H25BrN2O3S/c1-4-26(17-11-7-6-8-12-17)19(25(31)32-5-2)15(3)29-24-20(26)21(28)23(33-24)22(30)16-10-9-13-18(27)14-16/h6-14,19H,4-5,28H2,1-3H3. The van der Waals surface area contributed by atoms with Gasteiger partial charge in [0.1, 0.15) is 15.8 Å². The van der Waals surface area contributed by atoms with E-state index in [2.05, 4.69) is 15.9 Å². The molecule has 33 heavy (non-hydrogen) atoms. The van der Waals surface area contributed by atoms with Crippen LogP contribution in [0, 0.1) is 5.92 Å². The van der Waals surface area contributed by atoms with Crippen molar-refractivity contribution in [1.29, 1.82) is 0 Å². The summed E-state index contributed by atoms with van der Waals surface area (Å²) in [6.07, 6.45) is 0.589. The van der Waals surface area contributed by atoms with E-state index in [-0.39, 0.29) is 18.4 Å². The summed E-state index contributed by atoms with van der Waals surface area (Å²) < 4.78 is 6.31. The molecule has 5 nitrogen and oxygen atoms in total. The third-order valence-corrected chi connectivity index (χ3v) is 7.81. The van der Waals surface area contributed by atoms with E-state index in [1.165, 1.54) is 11.3 Å². The van der Waals surface area contributed by atoms with Crippen LogP contribution in [0.2, 0.25) is 0 Å². The molecule has 2 unspecified atom stereocenters. The summed E-state index contributed by atoms with van der Waals surface area (Å²) in [6.45, 7) is 5.95. The zero-order chi connectivity index (χ0) is 23.8. The number of carbonyl (C=O) groups is 2. The second-order valence-electron chi connectivity index (χ2n) is 7.99. The number of nitrogen functional groups attached to an aromatic ring is 1. The SMILES string of the molecule is CCOC(=O)C1C(C)=Nc2sc(C(=O)c3cccc(Br)c3)c(N)c2C1(CC)c1ccccc1. The predicted octanol–water partition coefficient (Wildman–Crippen LogP) is 6.31. The minimum atomic E-state index is -0.787. The molecule has 0 aliphatic carbocycles. The summed E-state index contributed by atoms with van der Waals surface area (Å²) in [5, 5.41) is 0.676. The molecular formula is C26H25BrN2O3S. The first kappa shape index (κ1) is 23.4. The lowest BCUT2D eigenvalue weighted by molar-refractivity contribution is -0.147. The number of rotatable bonds is 6. The van der Waals surface area contributed by atoms with Gasteiger partial charge in [-0.2, -0.15) is 0 Å². The Morgan fingerprint density at radius 1 is 1.15 bits per heavy atom. The zero-order valence-corrected chi connectivity index (χ0v) is 21.1. The fraction of sp³-hybridized carbons (Fsp3) is 0.269. The molecule has 0 amide bonds. The highest BCUT2D eigenvalue weighted by molar-refractivity contribution is 9.10. The number of hydrogen-bond acceptors (Lipinski definition) is 6. The number of nitrogens with zero attached hydrogens (tertiary/aromatic N) is 1. The summed E-state index contributed by atoms with van der Waals surface area (Å²) >= 11 is 4.72. The topological polar surface area (TPSA) is 81.8 Å². The summed E-state index contributed by atoms with van der Waals surface area (Å²) in [5.74, 6) is -1.13. The largest absolute Gasteiger partial charge is 0.465 e. The number of ether oxygens (including phenoxy) is 1. The van der Waals surface area contributed by atoms with Crippen LogP contribution in [0.1, 0.15) is 53.6 Å². The number of aliphatic imine (C=N–C) groups is 1. The van der Waals surface area contributed by atoms with Crippen molar-refractivity contribution in [3.05, 3.63) is 80.6 Å². The van der Waals surface area contributed by atoms with E-state index in [0.717, 1.165) is 15.6 Å². The Balaban J connectivity index is 1.98. The third kappa shape index (κ3) is 3.83. The van der Waals surface area contributed by atoms with Crippen molar-refractivity contribution >= 4 is 55.4 Å². The molecule has 0 saturated heterocycles. The van der Waals surface area contributed by atoms with Gasteiger partial charge < -0.3 is 10.5 Å². The molecule has 1 aliphatic heterocycles. The summed E-state index contributed by atoms with van der Waals surface area (Å²) in [4.78, 5) is 31.9. The molecule has 0 saturated carbocycles. The van der Waals surface area contributed by atoms with Crippen LogP contribution in [0.3, 0.4) is 0 Å². The average Bonchev–Trinajstić information content (AvgIpc) is 3.14. The van der Waals surface area contributed by atoms with Crippen LogP contribution in [-0.4, -0.2) is 24.1 Å². The molecule has 2 atom stereocenters. The highest BCUT2D eigenvalue weighted by Crippen LogP contribution is 2.56. The Bertz CT molecular complexity index is 1250. The number of halogens is 1. The van der Waals surface area contributed by atoms with Gasteiger partial charge in [-0.1, -0.05) is 65.3 Å². The summed E-state index contributed by atoms with van der Waals surface area (Å²) in [6, 6.07) is 17.1. The van der Waals surface area contributed by atoms with E-state index < -0.39 is 11.3 Å². The minimum Gasteiger partial charge on any atom is -0.465 e. The lowest BCUT2D eigenvalue weighted by atomic mass is 9.61. The fourth-order valence-corrected chi connectivity index (χ4v) is 6.42. The average molecular weight is 525 g/mol. The maximum absolute atomic E-state index is 13.4. The molecule has 0 fully saturated rings. The Labute approximate surface area is 205 Å². The van der Waals surface area contributed by atoms with Gasteiger partial charge in [0.25, 0.3) is 0 Å². The molecule has 1 aromatic heterocycles. The number of esters is 1. The molecule has 0 radical (unpaired) electrons. The van der Waals surface area contributed by atoms with E-state index >= 15 is 0 Å². The molecule has 0 spiro atoms. The van der Waals surface area contributed by atoms with Crippen LogP contribution in [-0.2, 0) is 14.9 Å². The van der Waals surface area contributed by atoms with Gasteiger partial charge in [-0.05, 0) is 38.0 Å². The Morgan fingerprint density at radius 2 is 1.88 bits per heavy atom. The van der Waals surface area contributed by atoms with Crippen molar-refractivity contribution < 1.29 is 14.3 Å². The quantitative estimate of drug-likeness (QED) is 0.302. The van der Waals surface area contributed by atoms with E-state index in [0.29, 0.717) is 33.3 Å². The minimum absolute atomic E-state index is 0.160. The molecule has 2 N–H and O–H groups in total. The molecule has 2 aromatic carbocycles. The predicted molar refractivity (Wildman–Crippen MR) is 137 cm³/mol. The second kappa shape index (κ2) is 9.23. The van der Waals surface area contributed by atoms with Gasteiger partial charge in [-0.3, -0.25) is 9.59 Å². The number of carbonyl (C=O) groups excluding carboxylic acids is 2. The van der Waals surface area contributed by atoms with Crippen LogP contribution in [0.25, 0.3) is 0 Å². The molecule has 3 aromatic rings. The second-order valence-corrected chi connectivity index (χ2v) is 9.91. The van der Waals surface area contributed by atoms with Gasteiger partial charge in [0.05, 0.1) is 12.3 Å². The maximum Gasteiger partial charge on any atom is 0.315 e. The molecule has 0 bridgehead atoms. The number of thiophene rings is 1. The van der Waals surface area contributed by atoms with Crippen LogP contribution in [0.4, 0.5) is 10.7 Å². The lowest BCUT2D eigenvalue weighted by Crippen LogP contribution is -2.47. The number of hydrogen-bond donors (Lipinski definition) is 1. The van der Waals surface area contributed by atoms with Crippen LogP contribution in [0.5, 0.6) is 0 Å². The normalized spacial score (nSPS) is 19.5. The van der Waals surface area contributed by atoms with Gasteiger partial charge in [-0.15, -0.1) is 11.3 Å². The van der Waals surface area contributed by atoms with Crippen LogP contribution >= 0.6 is 27.3 Å². The number of fused-ring (bicyclic) bond motifs is 1. The summed E-state index contributed by atoms with van der Waals surface area (Å²) in [5.41, 5.74) is 9.22. The Kier molecular flexibility index (Phi) is 6.54. The Hall–Kier alpha value is -2.77. The van der Waals surface area contributed by atoms with Crippen LogP contribution < -0.4 is 5.73 Å². The monoisotopic (exact) mass is 524 g/mol. The van der Waals surface area contributed by atoms with Gasteiger partial charge in [0.15, 0.2) is 0 Å².